The molecular formula is C18H24N4O3S2. The molecule has 27 heavy (non-hydrogen) atoms. The second-order valence-electron chi connectivity index (χ2n) is 6.29. The summed E-state index contributed by atoms with van der Waals surface area (Å²) in [5.74, 6) is 3.70. The number of nitrogens with zero attached hydrogens (tertiary/aromatic N) is 2. The van der Waals surface area contributed by atoms with Gasteiger partial charge in [0.2, 0.25) is 5.96 Å². The maximum atomic E-state index is 12.2. The fraction of sp³-hybridized carbons (Fsp3) is 0.389. The highest BCUT2D eigenvalue weighted by Gasteiger charge is 2.24. The number of benzene rings is 1. The van der Waals surface area contributed by atoms with E-state index in [0.29, 0.717) is 12.2 Å². The van der Waals surface area contributed by atoms with Gasteiger partial charge in [-0.15, -0.1) is 0 Å². The van der Waals surface area contributed by atoms with Crippen LogP contribution in [0.3, 0.4) is 0 Å². The number of rotatable bonds is 7. The van der Waals surface area contributed by atoms with Crippen molar-refractivity contribution in [1.82, 2.24) is 10.0 Å². The van der Waals surface area contributed by atoms with Crippen LogP contribution < -0.4 is 14.9 Å². The molecule has 1 aliphatic heterocycles. The van der Waals surface area contributed by atoms with E-state index < -0.39 is 10.0 Å². The van der Waals surface area contributed by atoms with Gasteiger partial charge in [0.25, 0.3) is 10.0 Å². The first-order valence-corrected chi connectivity index (χ1v) is 11.4. The normalized spacial score (nSPS) is 14.9. The summed E-state index contributed by atoms with van der Waals surface area (Å²) >= 11 is 1.73. The van der Waals surface area contributed by atoms with Crippen molar-refractivity contribution in [3.05, 3.63) is 41.7 Å². The number of fused-ring (bicyclic) bond motifs is 1. The van der Waals surface area contributed by atoms with E-state index in [0.717, 1.165) is 29.6 Å². The van der Waals surface area contributed by atoms with Crippen molar-refractivity contribution in [2.45, 2.75) is 24.0 Å². The Hall–Kier alpha value is -2.13. The molecule has 9 heteroatoms. The molecule has 0 radical (unpaired) electrons. The Balaban J connectivity index is 1.52. The molecule has 0 atom stereocenters. The van der Waals surface area contributed by atoms with E-state index in [2.05, 4.69) is 28.0 Å². The lowest BCUT2D eigenvalue weighted by atomic mass is 10.2. The van der Waals surface area contributed by atoms with Crippen LogP contribution in [0.2, 0.25) is 0 Å². The molecular weight excluding hydrogens is 384 g/mol. The highest BCUT2D eigenvalue weighted by molar-refractivity contribution is 7.98. The SMILES string of the molecule is CCc1cc(N(C)C)oc1CSCCNC1=Nc2ccccc2S(=O)(=O)N1. The molecule has 146 valence electrons. The molecule has 7 nitrogen and oxygen atoms in total. The minimum atomic E-state index is -3.56. The summed E-state index contributed by atoms with van der Waals surface area (Å²) in [5.41, 5.74) is 1.67. The Labute approximate surface area is 164 Å². The van der Waals surface area contributed by atoms with Crippen LogP contribution in [0.5, 0.6) is 0 Å². The average Bonchev–Trinajstić information content (AvgIpc) is 3.04. The lowest BCUT2D eigenvalue weighted by Crippen LogP contribution is -2.43. The molecule has 1 aromatic heterocycles. The first-order valence-electron chi connectivity index (χ1n) is 8.71. The Morgan fingerprint density at radius 1 is 1.30 bits per heavy atom. The van der Waals surface area contributed by atoms with Gasteiger partial charge in [-0.1, -0.05) is 19.1 Å². The zero-order valence-electron chi connectivity index (χ0n) is 15.7. The summed E-state index contributed by atoms with van der Waals surface area (Å²) in [4.78, 5) is 6.49. The highest BCUT2D eigenvalue weighted by atomic mass is 32.2. The van der Waals surface area contributed by atoms with E-state index >= 15 is 0 Å². The fourth-order valence-electron chi connectivity index (χ4n) is 2.68. The number of sulfonamides is 1. The van der Waals surface area contributed by atoms with Crippen molar-refractivity contribution in [3.8, 4) is 0 Å². The van der Waals surface area contributed by atoms with Crippen molar-refractivity contribution >= 4 is 39.3 Å². The molecule has 1 aromatic carbocycles. The summed E-state index contributed by atoms with van der Waals surface area (Å²) in [6, 6.07) is 8.77. The summed E-state index contributed by atoms with van der Waals surface area (Å²) < 4.78 is 32.8. The zero-order chi connectivity index (χ0) is 19.4. The van der Waals surface area contributed by atoms with Gasteiger partial charge in [-0.25, -0.2) is 18.1 Å². The predicted molar refractivity (Wildman–Crippen MR) is 110 cm³/mol. The van der Waals surface area contributed by atoms with E-state index in [9.17, 15) is 8.42 Å². The summed E-state index contributed by atoms with van der Waals surface area (Å²) in [7, 11) is 0.362. The Bertz CT molecular complexity index is 936. The van der Waals surface area contributed by atoms with Crippen LogP contribution in [0.25, 0.3) is 0 Å². The Morgan fingerprint density at radius 3 is 2.81 bits per heavy atom. The predicted octanol–water partition coefficient (Wildman–Crippen LogP) is 2.71. The fourth-order valence-corrected chi connectivity index (χ4v) is 4.63. The summed E-state index contributed by atoms with van der Waals surface area (Å²) in [5, 5.41) is 3.06. The van der Waals surface area contributed by atoms with Gasteiger partial charge in [0.1, 0.15) is 10.7 Å². The van der Waals surface area contributed by atoms with Crippen molar-refractivity contribution in [3.63, 3.8) is 0 Å². The molecule has 2 heterocycles. The Kier molecular flexibility index (Phi) is 6.01. The van der Waals surface area contributed by atoms with Crippen LogP contribution in [0, 0.1) is 0 Å². The second-order valence-corrected chi connectivity index (χ2v) is 9.05. The molecule has 0 saturated carbocycles. The zero-order valence-corrected chi connectivity index (χ0v) is 17.3. The number of furan rings is 1. The minimum Gasteiger partial charge on any atom is -0.444 e. The van der Waals surface area contributed by atoms with Crippen LogP contribution in [-0.4, -0.2) is 40.8 Å². The van der Waals surface area contributed by atoms with Gasteiger partial charge in [0.05, 0.1) is 11.4 Å². The number of aryl methyl sites for hydroxylation is 1. The molecule has 2 N–H and O–H groups in total. The maximum Gasteiger partial charge on any atom is 0.266 e. The molecule has 1 aliphatic rings. The van der Waals surface area contributed by atoms with Crippen LogP contribution in [-0.2, 0) is 22.2 Å². The molecule has 0 spiro atoms. The van der Waals surface area contributed by atoms with Gasteiger partial charge in [0.15, 0.2) is 5.88 Å². The van der Waals surface area contributed by atoms with Crippen molar-refractivity contribution in [2.75, 3.05) is 31.3 Å². The van der Waals surface area contributed by atoms with Crippen LogP contribution in [0.4, 0.5) is 11.6 Å². The lowest BCUT2D eigenvalue weighted by Gasteiger charge is -2.18. The molecule has 0 aliphatic carbocycles. The second kappa shape index (κ2) is 8.26. The standard InChI is InChI=1S/C18H24N4O3S2/c1-4-13-11-17(22(2)3)25-15(13)12-26-10-9-19-18-20-14-7-5-6-8-16(14)27(23,24)21-18/h5-8,11H,4,9-10,12H2,1-3H3,(H2,19,20,21). The number of aliphatic imine (C=N–C) groups is 1. The number of hydrogen-bond donors (Lipinski definition) is 2. The van der Waals surface area contributed by atoms with E-state index in [1.54, 1.807) is 36.0 Å². The van der Waals surface area contributed by atoms with E-state index in [4.69, 9.17) is 4.42 Å². The first-order chi connectivity index (χ1) is 12.9. The lowest BCUT2D eigenvalue weighted by molar-refractivity contribution is 0.526. The van der Waals surface area contributed by atoms with E-state index in [1.807, 2.05) is 19.0 Å². The number of thioether (sulfide) groups is 1. The van der Waals surface area contributed by atoms with Crippen molar-refractivity contribution in [1.29, 1.82) is 0 Å². The van der Waals surface area contributed by atoms with Crippen LogP contribution in [0.1, 0.15) is 18.2 Å². The van der Waals surface area contributed by atoms with E-state index in [1.165, 1.54) is 5.56 Å². The van der Waals surface area contributed by atoms with Crippen molar-refractivity contribution < 1.29 is 12.8 Å². The molecule has 0 bridgehead atoms. The minimum absolute atomic E-state index is 0.200. The molecule has 0 unspecified atom stereocenters. The molecule has 2 aromatic rings. The van der Waals surface area contributed by atoms with Crippen LogP contribution in [0.15, 0.2) is 44.6 Å². The number of para-hydroxylation sites is 1. The third-order valence-corrected chi connectivity index (χ3v) is 6.44. The molecule has 3 rings (SSSR count). The quantitative estimate of drug-likeness (QED) is 0.685. The third-order valence-electron chi connectivity index (χ3n) is 4.10. The topological polar surface area (TPSA) is 86.9 Å². The van der Waals surface area contributed by atoms with Gasteiger partial charge in [-0.05, 0) is 24.1 Å². The number of hydrogen-bond acceptors (Lipinski definition) is 7. The molecule has 0 amide bonds. The smallest absolute Gasteiger partial charge is 0.266 e. The monoisotopic (exact) mass is 408 g/mol. The van der Waals surface area contributed by atoms with Gasteiger partial charge in [-0.3, -0.25) is 0 Å². The molecule has 0 saturated heterocycles. The van der Waals surface area contributed by atoms with Crippen molar-refractivity contribution in [2.24, 2.45) is 4.99 Å². The van der Waals surface area contributed by atoms with Gasteiger partial charge in [-0.2, -0.15) is 11.8 Å². The van der Waals surface area contributed by atoms with Gasteiger partial charge < -0.3 is 14.6 Å². The van der Waals surface area contributed by atoms with Gasteiger partial charge in [0, 0.05) is 32.5 Å². The third kappa shape index (κ3) is 4.59. The molecule has 0 fully saturated rings. The first kappa shape index (κ1) is 19.6. The number of anilines is 1. The number of nitrogens with one attached hydrogen (secondary N) is 2. The number of guanidine groups is 1. The Morgan fingerprint density at radius 2 is 2.07 bits per heavy atom. The van der Waals surface area contributed by atoms with Crippen LogP contribution >= 0.6 is 11.8 Å². The van der Waals surface area contributed by atoms with Gasteiger partial charge >= 0.3 is 0 Å². The van der Waals surface area contributed by atoms with E-state index in [-0.39, 0.29) is 10.9 Å². The largest absolute Gasteiger partial charge is 0.444 e. The average molecular weight is 409 g/mol. The summed E-state index contributed by atoms with van der Waals surface area (Å²) in [6.45, 7) is 2.71. The highest BCUT2D eigenvalue weighted by Crippen LogP contribution is 2.27. The maximum absolute atomic E-state index is 12.2. The summed E-state index contributed by atoms with van der Waals surface area (Å²) in [6.07, 6.45) is 0.934.